The molecule has 2 saturated carbocycles. The number of amides is 1. The molecule has 0 N–H and O–H groups in total. The van der Waals surface area contributed by atoms with Gasteiger partial charge in [0.05, 0.1) is 6.54 Å². The van der Waals surface area contributed by atoms with Gasteiger partial charge in [0.15, 0.2) is 0 Å². The number of hydrogen-bond acceptors (Lipinski definition) is 2. The van der Waals surface area contributed by atoms with Gasteiger partial charge in [0, 0.05) is 12.0 Å². The number of nitrogens with zero attached hydrogens (tertiary/aromatic N) is 1. The van der Waals surface area contributed by atoms with Crippen LogP contribution in [0.1, 0.15) is 44.9 Å². The Labute approximate surface area is 103 Å². The summed E-state index contributed by atoms with van der Waals surface area (Å²) in [5.41, 5.74) is 0. The third-order valence-corrected chi connectivity index (χ3v) is 5.17. The van der Waals surface area contributed by atoms with Crippen molar-refractivity contribution in [1.82, 2.24) is 4.90 Å². The molecule has 3 aliphatic rings. The number of likely N-dealkylation sites (tertiary alicyclic amines) is 1. The third-order valence-electron chi connectivity index (χ3n) is 5.17. The highest BCUT2D eigenvalue weighted by Crippen LogP contribution is 2.48. The van der Waals surface area contributed by atoms with E-state index in [1.807, 2.05) is 4.90 Å². The van der Waals surface area contributed by atoms with Crippen LogP contribution < -0.4 is 0 Å². The smallest absolute Gasteiger partial charge is 0.226 e. The molecule has 0 aromatic heterocycles. The predicted molar refractivity (Wildman–Crippen MR) is 64.4 cm³/mol. The fraction of sp³-hybridized carbons (Fsp3) is 0.857. The fourth-order valence-corrected chi connectivity index (χ4v) is 4.52. The minimum absolute atomic E-state index is 0.245. The van der Waals surface area contributed by atoms with E-state index < -0.39 is 0 Å². The molecule has 0 aromatic carbocycles. The summed E-state index contributed by atoms with van der Waals surface area (Å²) < 4.78 is 0. The zero-order chi connectivity index (χ0) is 11.8. The Morgan fingerprint density at radius 3 is 2.65 bits per heavy atom. The molecule has 1 aliphatic heterocycles. The van der Waals surface area contributed by atoms with E-state index in [1.54, 1.807) is 0 Å². The quantitative estimate of drug-likeness (QED) is 0.686. The summed E-state index contributed by atoms with van der Waals surface area (Å²) >= 11 is 0. The van der Waals surface area contributed by atoms with Crippen LogP contribution in [0.25, 0.3) is 0 Å². The Morgan fingerprint density at radius 2 is 1.82 bits per heavy atom. The minimum atomic E-state index is 0.245. The Balaban J connectivity index is 1.88. The van der Waals surface area contributed by atoms with Crippen molar-refractivity contribution in [2.75, 3.05) is 6.54 Å². The summed E-state index contributed by atoms with van der Waals surface area (Å²) in [6.07, 6.45) is 9.34. The maximum Gasteiger partial charge on any atom is 0.226 e. The maximum atomic E-state index is 12.4. The molecule has 4 unspecified atom stereocenters. The number of carbonyl (C=O) groups excluding carboxylic acids is 2. The number of piperidine rings is 1. The summed E-state index contributed by atoms with van der Waals surface area (Å²) in [5, 5.41) is 0. The van der Waals surface area contributed by atoms with Crippen molar-refractivity contribution < 1.29 is 9.59 Å². The molecule has 3 heteroatoms. The van der Waals surface area contributed by atoms with Crippen LogP contribution in [-0.4, -0.2) is 29.7 Å². The number of hydrogen-bond donors (Lipinski definition) is 0. The minimum Gasteiger partial charge on any atom is -0.332 e. The molecule has 4 atom stereocenters. The SMILES string of the molecule is O=CCN1C(=O)C2CCCC2C2CCCCC21. The van der Waals surface area contributed by atoms with Crippen LogP contribution >= 0.6 is 0 Å². The van der Waals surface area contributed by atoms with Crippen molar-refractivity contribution >= 4 is 12.2 Å². The molecule has 94 valence electrons. The second-order valence-electron chi connectivity index (χ2n) is 5.87. The van der Waals surface area contributed by atoms with Crippen LogP contribution in [0.3, 0.4) is 0 Å². The third kappa shape index (κ3) is 1.71. The average molecular weight is 235 g/mol. The van der Waals surface area contributed by atoms with Crippen LogP contribution in [0.4, 0.5) is 0 Å². The summed E-state index contributed by atoms with van der Waals surface area (Å²) in [6.45, 7) is 0.323. The highest BCUT2D eigenvalue weighted by molar-refractivity contribution is 5.82. The second kappa shape index (κ2) is 4.43. The Bertz CT molecular complexity index is 328. The lowest BCUT2D eigenvalue weighted by atomic mass is 9.68. The summed E-state index contributed by atoms with van der Waals surface area (Å²) in [7, 11) is 0. The molecular weight excluding hydrogens is 214 g/mol. The van der Waals surface area contributed by atoms with Crippen molar-refractivity contribution in [3.05, 3.63) is 0 Å². The number of rotatable bonds is 2. The molecule has 1 heterocycles. The lowest BCUT2D eigenvalue weighted by Crippen LogP contribution is -2.56. The van der Waals surface area contributed by atoms with E-state index in [1.165, 1.54) is 32.1 Å². The maximum absolute atomic E-state index is 12.4. The number of carbonyl (C=O) groups is 2. The van der Waals surface area contributed by atoms with E-state index in [2.05, 4.69) is 0 Å². The first-order chi connectivity index (χ1) is 8.33. The lowest BCUT2D eigenvalue weighted by Gasteiger charge is -2.49. The van der Waals surface area contributed by atoms with Crippen molar-refractivity contribution in [2.24, 2.45) is 17.8 Å². The van der Waals surface area contributed by atoms with Gasteiger partial charge in [0.25, 0.3) is 0 Å². The molecule has 1 saturated heterocycles. The zero-order valence-electron chi connectivity index (χ0n) is 10.3. The first-order valence-electron chi connectivity index (χ1n) is 7.07. The predicted octanol–water partition coefficient (Wildman–Crippen LogP) is 2.00. The first kappa shape index (κ1) is 11.2. The molecule has 3 nitrogen and oxygen atoms in total. The number of aldehydes is 1. The second-order valence-corrected chi connectivity index (χ2v) is 5.87. The Hall–Kier alpha value is -0.860. The number of fused-ring (bicyclic) bond motifs is 3. The van der Waals surface area contributed by atoms with E-state index in [-0.39, 0.29) is 11.8 Å². The van der Waals surface area contributed by atoms with E-state index >= 15 is 0 Å². The van der Waals surface area contributed by atoms with Gasteiger partial charge in [0.1, 0.15) is 6.29 Å². The van der Waals surface area contributed by atoms with Crippen LogP contribution in [0.15, 0.2) is 0 Å². The van der Waals surface area contributed by atoms with Crippen LogP contribution in [0, 0.1) is 17.8 Å². The van der Waals surface area contributed by atoms with Gasteiger partial charge in [-0.2, -0.15) is 0 Å². The van der Waals surface area contributed by atoms with Gasteiger partial charge >= 0.3 is 0 Å². The molecule has 3 rings (SSSR count). The van der Waals surface area contributed by atoms with Gasteiger partial charge in [-0.1, -0.05) is 19.3 Å². The van der Waals surface area contributed by atoms with Gasteiger partial charge in [-0.25, -0.2) is 0 Å². The normalized spacial score (nSPS) is 40.9. The van der Waals surface area contributed by atoms with Gasteiger partial charge < -0.3 is 9.69 Å². The van der Waals surface area contributed by atoms with Crippen molar-refractivity contribution in [1.29, 1.82) is 0 Å². The van der Waals surface area contributed by atoms with Crippen molar-refractivity contribution in [3.63, 3.8) is 0 Å². The van der Waals surface area contributed by atoms with Gasteiger partial charge in [-0.05, 0) is 37.5 Å². The monoisotopic (exact) mass is 235 g/mol. The molecule has 0 spiro atoms. The molecule has 17 heavy (non-hydrogen) atoms. The standard InChI is InChI=1S/C14H21NO2/c16-9-8-15-13-7-2-1-4-11(13)10-5-3-6-12(10)14(15)17/h9-13H,1-8H2. The summed E-state index contributed by atoms with van der Waals surface area (Å²) in [5.74, 6) is 1.85. The summed E-state index contributed by atoms with van der Waals surface area (Å²) in [4.78, 5) is 25.1. The van der Waals surface area contributed by atoms with Gasteiger partial charge in [-0.15, -0.1) is 0 Å². The Morgan fingerprint density at radius 1 is 1.06 bits per heavy atom. The topological polar surface area (TPSA) is 37.4 Å². The van der Waals surface area contributed by atoms with E-state index in [4.69, 9.17) is 0 Å². The van der Waals surface area contributed by atoms with Crippen LogP contribution in [0.5, 0.6) is 0 Å². The van der Waals surface area contributed by atoms with Gasteiger partial charge in [0.2, 0.25) is 5.91 Å². The zero-order valence-corrected chi connectivity index (χ0v) is 10.3. The van der Waals surface area contributed by atoms with Crippen LogP contribution in [0.2, 0.25) is 0 Å². The molecule has 3 fully saturated rings. The Kier molecular flexibility index (Phi) is 2.93. The average Bonchev–Trinajstić information content (AvgIpc) is 2.84. The molecule has 0 bridgehead atoms. The largest absolute Gasteiger partial charge is 0.332 e. The lowest BCUT2D eigenvalue weighted by molar-refractivity contribution is -0.151. The molecule has 0 aromatic rings. The molecule has 0 radical (unpaired) electrons. The highest BCUT2D eigenvalue weighted by Gasteiger charge is 2.50. The van der Waals surface area contributed by atoms with Crippen LogP contribution in [-0.2, 0) is 9.59 Å². The molecule has 2 aliphatic carbocycles. The van der Waals surface area contributed by atoms with E-state index in [9.17, 15) is 9.59 Å². The molecule has 1 amide bonds. The molecular formula is C14H21NO2. The first-order valence-corrected chi connectivity index (χ1v) is 7.07. The van der Waals surface area contributed by atoms with E-state index in [0.717, 1.165) is 19.1 Å². The summed E-state index contributed by atoms with van der Waals surface area (Å²) in [6, 6.07) is 0.376. The van der Waals surface area contributed by atoms with Crippen molar-refractivity contribution in [2.45, 2.75) is 51.0 Å². The van der Waals surface area contributed by atoms with E-state index in [0.29, 0.717) is 24.4 Å². The van der Waals surface area contributed by atoms with Gasteiger partial charge in [-0.3, -0.25) is 4.79 Å². The fourth-order valence-electron chi connectivity index (χ4n) is 4.52. The van der Waals surface area contributed by atoms with Crippen molar-refractivity contribution in [3.8, 4) is 0 Å². The highest BCUT2D eigenvalue weighted by atomic mass is 16.2.